The van der Waals surface area contributed by atoms with Crippen molar-refractivity contribution < 1.29 is 14.3 Å². The molecule has 1 heterocycles. The van der Waals surface area contributed by atoms with Gasteiger partial charge in [-0.25, -0.2) is 4.79 Å². The minimum atomic E-state index is -0.804. The molecular weight excluding hydrogens is 421 g/mol. The van der Waals surface area contributed by atoms with Crippen LogP contribution >= 0.6 is 39.1 Å². The number of methoxy groups -OCH3 is 1. The van der Waals surface area contributed by atoms with Gasteiger partial charge in [-0.05, 0) is 35.0 Å². The summed E-state index contributed by atoms with van der Waals surface area (Å²) in [4.78, 5) is 36.2. The molecule has 0 spiro atoms. The van der Waals surface area contributed by atoms with Crippen molar-refractivity contribution in [3.8, 4) is 11.3 Å². The number of aldehydes is 1. The summed E-state index contributed by atoms with van der Waals surface area (Å²) in [7, 11) is 1.18. The van der Waals surface area contributed by atoms with Gasteiger partial charge in [0.2, 0.25) is 5.43 Å². The normalized spacial score (nSPS) is 10.5. The predicted molar refractivity (Wildman–Crippen MR) is 96.3 cm³/mol. The summed E-state index contributed by atoms with van der Waals surface area (Å²) in [6.45, 7) is 2.12. The van der Waals surface area contributed by atoms with Crippen LogP contribution in [0.1, 0.15) is 27.8 Å². The molecule has 24 heavy (non-hydrogen) atoms. The Labute approximate surface area is 156 Å². The summed E-state index contributed by atoms with van der Waals surface area (Å²) in [5, 5.41) is 0.591. The molecule has 1 aromatic heterocycles. The van der Waals surface area contributed by atoms with Gasteiger partial charge in [0.05, 0.1) is 33.0 Å². The Morgan fingerprint density at radius 1 is 1.33 bits per heavy atom. The fourth-order valence-corrected chi connectivity index (χ4v) is 3.19. The van der Waals surface area contributed by atoms with E-state index in [0.717, 1.165) is 0 Å². The first-order valence-electron chi connectivity index (χ1n) is 6.82. The summed E-state index contributed by atoms with van der Waals surface area (Å²) in [6, 6.07) is 4.69. The molecule has 0 fully saturated rings. The molecule has 0 saturated carbocycles. The van der Waals surface area contributed by atoms with Gasteiger partial charge >= 0.3 is 5.97 Å². The predicted octanol–water partition coefficient (Wildman–Crippen LogP) is 4.20. The van der Waals surface area contributed by atoms with E-state index in [9.17, 15) is 14.4 Å². The van der Waals surface area contributed by atoms with Crippen LogP contribution in [0.4, 0.5) is 0 Å². The number of rotatable bonds is 4. The molecule has 5 nitrogen and oxygen atoms in total. The van der Waals surface area contributed by atoms with Crippen LogP contribution < -0.4 is 5.43 Å². The molecule has 126 valence electrons. The zero-order valence-corrected chi connectivity index (χ0v) is 15.8. The van der Waals surface area contributed by atoms with Crippen molar-refractivity contribution in [1.29, 1.82) is 0 Å². The van der Waals surface area contributed by atoms with Gasteiger partial charge < -0.3 is 9.30 Å². The fourth-order valence-electron chi connectivity index (χ4n) is 2.39. The van der Waals surface area contributed by atoms with Gasteiger partial charge in [0, 0.05) is 12.1 Å². The fraction of sp³-hybridized carbons (Fsp3) is 0.188. The van der Waals surface area contributed by atoms with Crippen molar-refractivity contribution in [2.24, 2.45) is 0 Å². The standard InChI is InChI=1S/C16H12BrCl2NO4/c1-3-20-11(7-21)13(17)15(22)12(16(23)24-2)14(20)8-4-5-9(18)10(19)6-8/h4-7H,3H2,1-2H3. The summed E-state index contributed by atoms with van der Waals surface area (Å²) >= 11 is 15.1. The second kappa shape index (κ2) is 7.51. The molecule has 2 rings (SSSR count). The van der Waals surface area contributed by atoms with Crippen molar-refractivity contribution in [2.75, 3.05) is 7.11 Å². The van der Waals surface area contributed by atoms with Gasteiger partial charge in [0.25, 0.3) is 0 Å². The largest absolute Gasteiger partial charge is 0.465 e. The van der Waals surface area contributed by atoms with E-state index in [2.05, 4.69) is 15.9 Å². The Balaban J connectivity index is 3.02. The van der Waals surface area contributed by atoms with Gasteiger partial charge in [0.15, 0.2) is 6.29 Å². The SMILES string of the molecule is CCn1c(C=O)c(Br)c(=O)c(C(=O)OC)c1-c1ccc(Cl)c(Cl)c1. The van der Waals surface area contributed by atoms with Gasteiger partial charge in [-0.3, -0.25) is 9.59 Å². The number of nitrogens with zero attached hydrogens (tertiary/aromatic N) is 1. The lowest BCUT2D eigenvalue weighted by Gasteiger charge is -2.19. The first kappa shape index (κ1) is 18.7. The van der Waals surface area contributed by atoms with Crippen LogP contribution in [0.5, 0.6) is 0 Å². The number of hydrogen-bond acceptors (Lipinski definition) is 4. The molecule has 0 amide bonds. The van der Waals surface area contributed by atoms with E-state index in [4.69, 9.17) is 27.9 Å². The molecule has 0 radical (unpaired) electrons. The van der Waals surface area contributed by atoms with E-state index in [-0.39, 0.29) is 26.4 Å². The molecule has 0 bridgehead atoms. The molecule has 0 unspecified atom stereocenters. The monoisotopic (exact) mass is 431 g/mol. The maximum Gasteiger partial charge on any atom is 0.344 e. The molecule has 0 aliphatic heterocycles. The molecule has 0 aliphatic rings. The van der Waals surface area contributed by atoms with Crippen LogP contribution in [0.3, 0.4) is 0 Å². The summed E-state index contributed by atoms with van der Waals surface area (Å²) in [6.07, 6.45) is 0.553. The molecule has 8 heteroatoms. The van der Waals surface area contributed by atoms with Gasteiger partial charge in [0.1, 0.15) is 5.56 Å². The number of esters is 1. The summed E-state index contributed by atoms with van der Waals surface area (Å²) < 4.78 is 6.29. The van der Waals surface area contributed by atoms with Crippen LogP contribution in [0.25, 0.3) is 11.3 Å². The Morgan fingerprint density at radius 3 is 2.50 bits per heavy atom. The molecule has 0 aliphatic carbocycles. The second-order valence-electron chi connectivity index (χ2n) is 4.73. The quantitative estimate of drug-likeness (QED) is 0.536. The third-order valence-electron chi connectivity index (χ3n) is 3.46. The van der Waals surface area contributed by atoms with Crippen molar-refractivity contribution in [1.82, 2.24) is 4.57 Å². The van der Waals surface area contributed by atoms with E-state index < -0.39 is 11.4 Å². The van der Waals surface area contributed by atoms with Crippen molar-refractivity contribution in [3.05, 3.63) is 54.2 Å². The van der Waals surface area contributed by atoms with E-state index in [0.29, 0.717) is 23.4 Å². The van der Waals surface area contributed by atoms with Crippen LogP contribution in [0.15, 0.2) is 27.5 Å². The molecule has 1 aromatic carbocycles. The van der Waals surface area contributed by atoms with E-state index in [1.165, 1.54) is 13.2 Å². The summed E-state index contributed by atoms with van der Waals surface area (Å²) in [5.74, 6) is -0.804. The first-order valence-corrected chi connectivity index (χ1v) is 8.37. The number of ether oxygens (including phenoxy) is 1. The lowest BCUT2D eigenvalue weighted by atomic mass is 10.0. The third-order valence-corrected chi connectivity index (χ3v) is 4.96. The Bertz CT molecular complexity index is 893. The number of hydrogen-bond donors (Lipinski definition) is 0. The van der Waals surface area contributed by atoms with Gasteiger partial charge in [-0.15, -0.1) is 0 Å². The molecule has 0 saturated heterocycles. The molecule has 2 aromatic rings. The van der Waals surface area contributed by atoms with E-state index in [1.807, 2.05) is 0 Å². The van der Waals surface area contributed by atoms with Crippen LogP contribution in [0, 0.1) is 0 Å². The average molecular weight is 433 g/mol. The number of carbonyl (C=O) groups excluding carboxylic acids is 2. The number of aromatic nitrogens is 1. The van der Waals surface area contributed by atoms with Gasteiger partial charge in [-0.1, -0.05) is 29.3 Å². The average Bonchev–Trinajstić information content (AvgIpc) is 2.58. The Kier molecular flexibility index (Phi) is 5.85. The number of halogens is 3. The maximum absolute atomic E-state index is 12.6. The Hall–Kier alpha value is -1.63. The lowest BCUT2D eigenvalue weighted by molar-refractivity contribution is 0.0599. The van der Waals surface area contributed by atoms with Crippen LogP contribution in [0.2, 0.25) is 10.0 Å². The highest BCUT2D eigenvalue weighted by Crippen LogP contribution is 2.31. The zero-order valence-electron chi connectivity index (χ0n) is 12.7. The third kappa shape index (κ3) is 3.14. The molecule has 0 N–H and O–H groups in total. The molecular formula is C16H12BrCl2NO4. The maximum atomic E-state index is 12.6. The first-order chi connectivity index (χ1) is 11.4. The summed E-state index contributed by atoms with van der Waals surface area (Å²) in [5.41, 5.74) is 0.0266. The zero-order chi connectivity index (χ0) is 18.0. The second-order valence-corrected chi connectivity index (χ2v) is 6.34. The topological polar surface area (TPSA) is 65.4 Å². The van der Waals surface area contributed by atoms with E-state index in [1.54, 1.807) is 23.6 Å². The van der Waals surface area contributed by atoms with Crippen molar-refractivity contribution >= 4 is 51.4 Å². The smallest absolute Gasteiger partial charge is 0.344 e. The number of benzene rings is 1. The molecule has 0 atom stereocenters. The van der Waals surface area contributed by atoms with Crippen LogP contribution in [-0.2, 0) is 11.3 Å². The minimum absolute atomic E-state index is 0.00330. The van der Waals surface area contributed by atoms with Gasteiger partial charge in [-0.2, -0.15) is 0 Å². The minimum Gasteiger partial charge on any atom is -0.465 e. The van der Waals surface area contributed by atoms with E-state index >= 15 is 0 Å². The highest BCUT2D eigenvalue weighted by molar-refractivity contribution is 9.10. The Morgan fingerprint density at radius 2 is 2.00 bits per heavy atom. The highest BCUT2D eigenvalue weighted by Gasteiger charge is 2.26. The highest BCUT2D eigenvalue weighted by atomic mass is 79.9. The van der Waals surface area contributed by atoms with Crippen LogP contribution in [-0.4, -0.2) is 23.9 Å². The van der Waals surface area contributed by atoms with Crippen molar-refractivity contribution in [2.45, 2.75) is 13.5 Å². The lowest BCUT2D eigenvalue weighted by Crippen LogP contribution is -2.26. The number of carbonyl (C=O) groups is 2. The number of pyridine rings is 1. The van der Waals surface area contributed by atoms with Crippen molar-refractivity contribution in [3.63, 3.8) is 0 Å².